The number of aromatic nitrogens is 1. The summed E-state index contributed by atoms with van der Waals surface area (Å²) in [4.78, 5) is 16.5. The van der Waals surface area contributed by atoms with Crippen molar-refractivity contribution >= 4 is 23.4 Å². The standard InChI is InChI=1S/C20H13F2N3OS/c21-15-7-8-16(22)18(10-15)24-19(26)12-27-20-14(11-23)6-9-17(25-20)13-4-2-1-3-5-13/h1-10H,12H2,(H,24,26). The van der Waals surface area contributed by atoms with Gasteiger partial charge in [0.05, 0.1) is 22.7 Å². The molecule has 27 heavy (non-hydrogen) atoms. The van der Waals surface area contributed by atoms with Crippen molar-refractivity contribution in [3.05, 3.63) is 77.9 Å². The molecule has 0 spiro atoms. The van der Waals surface area contributed by atoms with Gasteiger partial charge in [-0.2, -0.15) is 5.26 Å². The molecule has 2 aromatic carbocycles. The summed E-state index contributed by atoms with van der Waals surface area (Å²) in [5.74, 6) is -2.00. The molecule has 1 aromatic heterocycles. The van der Waals surface area contributed by atoms with Gasteiger partial charge in [-0.25, -0.2) is 13.8 Å². The molecule has 0 aliphatic heterocycles. The van der Waals surface area contributed by atoms with Crippen molar-refractivity contribution in [2.45, 2.75) is 5.03 Å². The molecule has 4 nitrogen and oxygen atoms in total. The van der Waals surface area contributed by atoms with Crippen molar-refractivity contribution in [2.24, 2.45) is 0 Å². The molecule has 0 aliphatic carbocycles. The molecule has 3 aromatic rings. The van der Waals surface area contributed by atoms with Crippen LogP contribution >= 0.6 is 11.8 Å². The Balaban J connectivity index is 1.74. The Labute approximate surface area is 158 Å². The third-order valence-electron chi connectivity index (χ3n) is 3.59. The summed E-state index contributed by atoms with van der Waals surface area (Å²) < 4.78 is 26.8. The fraction of sp³-hybridized carbons (Fsp3) is 0.0500. The minimum Gasteiger partial charge on any atom is -0.323 e. The zero-order valence-electron chi connectivity index (χ0n) is 13.9. The van der Waals surface area contributed by atoms with Crippen LogP contribution in [0, 0.1) is 23.0 Å². The zero-order chi connectivity index (χ0) is 19.2. The summed E-state index contributed by atoms with van der Waals surface area (Å²) in [5, 5.41) is 12.0. The van der Waals surface area contributed by atoms with E-state index in [1.54, 1.807) is 12.1 Å². The maximum atomic E-state index is 13.6. The smallest absolute Gasteiger partial charge is 0.234 e. The Kier molecular flexibility index (Phi) is 5.79. The first-order valence-electron chi connectivity index (χ1n) is 7.91. The molecule has 3 rings (SSSR count). The number of nitriles is 1. The number of nitrogens with zero attached hydrogens (tertiary/aromatic N) is 2. The van der Waals surface area contributed by atoms with Crippen LogP contribution in [0.1, 0.15) is 5.56 Å². The summed E-state index contributed by atoms with van der Waals surface area (Å²) in [6.07, 6.45) is 0. The number of halogens is 2. The fourth-order valence-electron chi connectivity index (χ4n) is 2.32. The lowest BCUT2D eigenvalue weighted by Crippen LogP contribution is -2.15. The molecule has 7 heteroatoms. The summed E-state index contributed by atoms with van der Waals surface area (Å²) in [7, 11) is 0. The van der Waals surface area contributed by atoms with Gasteiger partial charge >= 0.3 is 0 Å². The van der Waals surface area contributed by atoms with Crippen molar-refractivity contribution in [1.82, 2.24) is 4.98 Å². The monoisotopic (exact) mass is 381 g/mol. The first-order valence-corrected chi connectivity index (χ1v) is 8.89. The number of nitrogens with one attached hydrogen (secondary N) is 1. The van der Waals surface area contributed by atoms with E-state index in [0.717, 1.165) is 35.5 Å². The van der Waals surface area contributed by atoms with Crippen molar-refractivity contribution < 1.29 is 13.6 Å². The molecule has 1 amide bonds. The molecule has 0 bridgehead atoms. The van der Waals surface area contributed by atoms with E-state index >= 15 is 0 Å². The molecule has 134 valence electrons. The van der Waals surface area contributed by atoms with Gasteiger partial charge < -0.3 is 5.32 Å². The highest BCUT2D eigenvalue weighted by atomic mass is 32.2. The van der Waals surface area contributed by atoms with Gasteiger partial charge in [0, 0.05) is 11.6 Å². The van der Waals surface area contributed by atoms with Crippen molar-refractivity contribution in [1.29, 1.82) is 5.26 Å². The van der Waals surface area contributed by atoms with Crippen molar-refractivity contribution in [2.75, 3.05) is 11.1 Å². The average molecular weight is 381 g/mol. The number of carbonyl (C=O) groups excluding carboxylic acids is 1. The molecule has 1 N–H and O–H groups in total. The van der Waals surface area contributed by atoms with E-state index < -0.39 is 17.5 Å². The number of hydrogen-bond acceptors (Lipinski definition) is 4. The van der Waals surface area contributed by atoms with E-state index in [1.165, 1.54) is 0 Å². The van der Waals surface area contributed by atoms with E-state index in [0.29, 0.717) is 16.3 Å². The molecular formula is C20H13F2N3OS. The fourth-order valence-corrected chi connectivity index (χ4v) is 3.09. The largest absolute Gasteiger partial charge is 0.323 e. The van der Waals surface area contributed by atoms with Gasteiger partial charge in [-0.3, -0.25) is 4.79 Å². The molecule has 0 unspecified atom stereocenters. The number of pyridine rings is 1. The quantitative estimate of drug-likeness (QED) is 0.655. The van der Waals surface area contributed by atoms with E-state index in [1.807, 2.05) is 36.4 Å². The molecule has 1 heterocycles. The lowest BCUT2D eigenvalue weighted by molar-refractivity contribution is -0.113. The minimum absolute atomic E-state index is 0.101. The third kappa shape index (κ3) is 4.68. The number of anilines is 1. The van der Waals surface area contributed by atoms with Crippen LogP contribution in [-0.4, -0.2) is 16.6 Å². The van der Waals surface area contributed by atoms with Gasteiger partial charge in [0.15, 0.2) is 0 Å². The number of thioether (sulfide) groups is 1. The topological polar surface area (TPSA) is 65.8 Å². The van der Waals surface area contributed by atoms with Crippen LogP contribution in [-0.2, 0) is 4.79 Å². The molecule has 0 fully saturated rings. The second-order valence-electron chi connectivity index (χ2n) is 5.49. The summed E-state index contributed by atoms with van der Waals surface area (Å²) in [5.41, 5.74) is 1.67. The van der Waals surface area contributed by atoms with Crippen LogP contribution in [0.4, 0.5) is 14.5 Å². The predicted octanol–water partition coefficient (Wildman–Crippen LogP) is 4.63. The lowest BCUT2D eigenvalue weighted by Gasteiger charge is -2.08. The second kappa shape index (κ2) is 8.43. The van der Waals surface area contributed by atoms with Gasteiger partial charge in [-0.15, -0.1) is 0 Å². The third-order valence-corrected chi connectivity index (χ3v) is 4.58. The minimum atomic E-state index is -0.725. The molecule has 0 saturated heterocycles. The van der Waals surface area contributed by atoms with Crippen molar-refractivity contribution in [3.8, 4) is 17.3 Å². The van der Waals surface area contributed by atoms with Crippen LogP contribution in [0.3, 0.4) is 0 Å². The van der Waals surface area contributed by atoms with E-state index in [9.17, 15) is 18.8 Å². The number of hydrogen-bond donors (Lipinski definition) is 1. The van der Waals surface area contributed by atoms with E-state index in [4.69, 9.17) is 0 Å². The van der Waals surface area contributed by atoms with Crippen molar-refractivity contribution in [3.63, 3.8) is 0 Å². The number of carbonyl (C=O) groups is 1. The highest BCUT2D eigenvalue weighted by molar-refractivity contribution is 8.00. The van der Waals surface area contributed by atoms with Gasteiger partial charge in [-0.05, 0) is 24.3 Å². The average Bonchev–Trinajstić information content (AvgIpc) is 2.69. The van der Waals surface area contributed by atoms with Gasteiger partial charge in [0.25, 0.3) is 0 Å². The van der Waals surface area contributed by atoms with Crippen LogP contribution < -0.4 is 5.32 Å². The Morgan fingerprint density at radius 1 is 1.11 bits per heavy atom. The maximum absolute atomic E-state index is 13.6. The SMILES string of the molecule is N#Cc1ccc(-c2ccccc2)nc1SCC(=O)Nc1cc(F)ccc1F. The van der Waals surface area contributed by atoms with Crippen LogP contribution in [0.15, 0.2) is 65.7 Å². The Hall–Kier alpha value is -3.24. The number of rotatable bonds is 5. The number of amides is 1. The van der Waals surface area contributed by atoms with Crippen LogP contribution in [0.5, 0.6) is 0 Å². The Morgan fingerprint density at radius 3 is 2.63 bits per heavy atom. The molecule has 0 radical (unpaired) electrons. The van der Waals surface area contributed by atoms with Crippen LogP contribution in [0.25, 0.3) is 11.3 Å². The lowest BCUT2D eigenvalue weighted by atomic mass is 10.1. The van der Waals surface area contributed by atoms with E-state index in [2.05, 4.69) is 10.3 Å². The first kappa shape index (κ1) is 18.5. The van der Waals surface area contributed by atoms with Gasteiger partial charge in [0.1, 0.15) is 22.7 Å². The summed E-state index contributed by atoms with van der Waals surface area (Å²) in [6.45, 7) is 0. The van der Waals surface area contributed by atoms with E-state index in [-0.39, 0.29) is 11.4 Å². The van der Waals surface area contributed by atoms with Gasteiger partial charge in [0.2, 0.25) is 5.91 Å². The molecular weight excluding hydrogens is 368 g/mol. The normalized spacial score (nSPS) is 10.3. The predicted molar refractivity (Wildman–Crippen MR) is 100 cm³/mol. The second-order valence-corrected chi connectivity index (χ2v) is 6.45. The highest BCUT2D eigenvalue weighted by Crippen LogP contribution is 2.25. The zero-order valence-corrected chi connectivity index (χ0v) is 14.8. The van der Waals surface area contributed by atoms with Crippen LogP contribution in [0.2, 0.25) is 0 Å². The molecule has 0 atom stereocenters. The highest BCUT2D eigenvalue weighted by Gasteiger charge is 2.12. The molecule has 0 saturated carbocycles. The number of benzene rings is 2. The molecule has 0 aliphatic rings. The Bertz CT molecular complexity index is 1020. The Morgan fingerprint density at radius 2 is 1.89 bits per heavy atom. The van der Waals surface area contributed by atoms with Gasteiger partial charge in [-0.1, -0.05) is 42.1 Å². The summed E-state index contributed by atoms with van der Waals surface area (Å²) >= 11 is 1.06. The maximum Gasteiger partial charge on any atom is 0.234 e. The summed E-state index contributed by atoms with van der Waals surface area (Å²) in [6, 6.07) is 17.7. The first-order chi connectivity index (χ1) is 13.1.